The lowest BCUT2D eigenvalue weighted by Gasteiger charge is -2.08. The highest BCUT2D eigenvalue weighted by molar-refractivity contribution is 5.79. The number of imidazole rings is 1. The number of pyridine rings is 1. The highest BCUT2D eigenvalue weighted by atomic mass is 19.1. The number of aromatic nitrogens is 7. The summed E-state index contributed by atoms with van der Waals surface area (Å²) in [5, 5.41) is 4.20. The molecule has 0 saturated heterocycles. The van der Waals surface area contributed by atoms with Gasteiger partial charge in [-0.1, -0.05) is 0 Å². The monoisotopic (exact) mass is 353 g/mol. The third kappa shape index (κ3) is 2.77. The summed E-state index contributed by atoms with van der Waals surface area (Å²) in [6.07, 6.45) is 6.41. The fraction of sp³-hybridized carbons (Fsp3) is 0.235. The third-order valence-corrected chi connectivity index (χ3v) is 3.99. The molecule has 4 aromatic heterocycles. The Kier molecular flexibility index (Phi) is 3.83. The largest absolute Gasteiger partial charge is 0.467 e. The number of hydrogen-bond donors (Lipinski definition) is 0. The van der Waals surface area contributed by atoms with Gasteiger partial charge in [0.05, 0.1) is 31.7 Å². The van der Waals surface area contributed by atoms with Crippen molar-refractivity contribution in [2.75, 3.05) is 7.11 Å². The van der Waals surface area contributed by atoms with E-state index in [-0.39, 0.29) is 6.01 Å². The van der Waals surface area contributed by atoms with E-state index in [1.165, 1.54) is 13.2 Å². The number of ether oxygens (including phenoxy) is 1. The van der Waals surface area contributed by atoms with Gasteiger partial charge < -0.3 is 9.30 Å². The normalized spacial score (nSPS) is 11.2. The first-order valence-electron chi connectivity index (χ1n) is 7.92. The molecule has 0 aromatic carbocycles. The van der Waals surface area contributed by atoms with E-state index in [2.05, 4.69) is 25.0 Å². The molecule has 0 spiro atoms. The number of hydrogen-bond acceptors (Lipinski definition) is 6. The average molecular weight is 353 g/mol. The summed E-state index contributed by atoms with van der Waals surface area (Å²) in [7, 11) is 3.36. The lowest BCUT2D eigenvalue weighted by molar-refractivity contribution is 0.380. The molecule has 9 heteroatoms. The molecule has 0 aliphatic rings. The first-order valence-corrected chi connectivity index (χ1v) is 7.92. The Morgan fingerprint density at radius 3 is 2.69 bits per heavy atom. The highest BCUT2D eigenvalue weighted by Crippen LogP contribution is 2.27. The molecule has 0 saturated carbocycles. The number of methoxy groups -OCH3 is 1. The molecule has 26 heavy (non-hydrogen) atoms. The van der Waals surface area contributed by atoms with Gasteiger partial charge in [0.25, 0.3) is 0 Å². The minimum Gasteiger partial charge on any atom is -0.467 e. The van der Waals surface area contributed by atoms with Crippen LogP contribution in [0.3, 0.4) is 0 Å². The number of fused-ring (bicyclic) bond motifs is 1. The number of aryl methyl sites for hydroxylation is 2. The zero-order valence-electron chi connectivity index (χ0n) is 14.5. The molecule has 8 nitrogen and oxygen atoms in total. The molecule has 0 amide bonds. The van der Waals surface area contributed by atoms with Gasteiger partial charge in [0.2, 0.25) is 0 Å². The van der Waals surface area contributed by atoms with E-state index in [1.54, 1.807) is 17.1 Å². The van der Waals surface area contributed by atoms with Crippen LogP contribution in [0, 0.1) is 12.7 Å². The standard InChI is InChI=1S/C17H16FN7O/c1-10-14-16(23-17(21-10)26-3)25(9-11-5-20-24(2)8-11)15(22-14)12-4-13(18)7-19-6-12/h4-8H,9H2,1-3H3. The Bertz CT molecular complexity index is 1100. The lowest BCUT2D eigenvalue weighted by Crippen LogP contribution is -2.04. The van der Waals surface area contributed by atoms with Crippen molar-refractivity contribution in [3.05, 3.63) is 47.9 Å². The summed E-state index contributed by atoms with van der Waals surface area (Å²) in [6, 6.07) is 1.65. The Labute approximate surface area is 148 Å². The van der Waals surface area contributed by atoms with Crippen LogP contribution < -0.4 is 4.74 Å². The van der Waals surface area contributed by atoms with E-state index in [0.717, 1.165) is 11.8 Å². The summed E-state index contributed by atoms with van der Waals surface area (Å²) in [6.45, 7) is 2.30. The maximum atomic E-state index is 13.7. The second-order valence-electron chi connectivity index (χ2n) is 5.90. The molecule has 4 heterocycles. The molecule has 0 N–H and O–H groups in total. The Balaban J connectivity index is 1.97. The summed E-state index contributed by atoms with van der Waals surface area (Å²) >= 11 is 0. The van der Waals surface area contributed by atoms with Crippen LogP contribution in [0.5, 0.6) is 6.01 Å². The Morgan fingerprint density at radius 1 is 1.15 bits per heavy atom. The highest BCUT2D eigenvalue weighted by Gasteiger charge is 2.19. The van der Waals surface area contributed by atoms with E-state index in [4.69, 9.17) is 4.74 Å². The van der Waals surface area contributed by atoms with E-state index in [9.17, 15) is 4.39 Å². The zero-order valence-corrected chi connectivity index (χ0v) is 14.5. The third-order valence-electron chi connectivity index (χ3n) is 3.99. The van der Waals surface area contributed by atoms with E-state index >= 15 is 0 Å². The van der Waals surface area contributed by atoms with E-state index in [0.29, 0.717) is 34.8 Å². The van der Waals surface area contributed by atoms with Crippen molar-refractivity contribution in [3.63, 3.8) is 0 Å². The molecule has 132 valence electrons. The number of halogens is 1. The molecule has 4 aromatic rings. The van der Waals surface area contributed by atoms with Crippen molar-refractivity contribution in [2.24, 2.45) is 7.05 Å². The molecular weight excluding hydrogens is 337 g/mol. The molecule has 0 radical (unpaired) electrons. The van der Waals surface area contributed by atoms with Crippen LogP contribution >= 0.6 is 0 Å². The maximum absolute atomic E-state index is 13.7. The smallest absolute Gasteiger partial charge is 0.318 e. The van der Waals surface area contributed by atoms with Gasteiger partial charge in [0.15, 0.2) is 5.65 Å². The maximum Gasteiger partial charge on any atom is 0.318 e. The summed E-state index contributed by atoms with van der Waals surface area (Å²) in [5.74, 6) is 0.129. The van der Waals surface area contributed by atoms with Gasteiger partial charge >= 0.3 is 6.01 Å². The number of nitrogens with zero attached hydrogens (tertiary/aromatic N) is 7. The Morgan fingerprint density at radius 2 is 2.00 bits per heavy atom. The summed E-state index contributed by atoms with van der Waals surface area (Å²) in [5.41, 5.74) is 3.45. The lowest BCUT2D eigenvalue weighted by atomic mass is 10.2. The topological polar surface area (TPSA) is 83.5 Å². The van der Waals surface area contributed by atoms with E-state index in [1.807, 2.05) is 24.7 Å². The van der Waals surface area contributed by atoms with Crippen LogP contribution in [0.25, 0.3) is 22.6 Å². The minimum atomic E-state index is -0.428. The molecule has 0 aliphatic carbocycles. The first kappa shape index (κ1) is 16.1. The number of rotatable bonds is 4. The van der Waals surface area contributed by atoms with Gasteiger partial charge in [0, 0.05) is 30.6 Å². The van der Waals surface area contributed by atoms with Crippen molar-refractivity contribution in [1.82, 2.24) is 34.3 Å². The molecule has 0 aliphatic heterocycles. The fourth-order valence-electron chi connectivity index (χ4n) is 2.84. The molecule has 0 fully saturated rings. The van der Waals surface area contributed by atoms with Crippen molar-refractivity contribution in [2.45, 2.75) is 13.5 Å². The van der Waals surface area contributed by atoms with Crippen LogP contribution in [0.1, 0.15) is 11.3 Å². The predicted molar refractivity (Wildman–Crippen MR) is 92.1 cm³/mol. The minimum absolute atomic E-state index is 0.256. The van der Waals surface area contributed by atoms with Crippen molar-refractivity contribution < 1.29 is 9.13 Å². The van der Waals surface area contributed by atoms with Crippen molar-refractivity contribution in [3.8, 4) is 17.4 Å². The Hall–Kier alpha value is -3.36. The van der Waals surface area contributed by atoms with Crippen LogP contribution in [0.15, 0.2) is 30.9 Å². The summed E-state index contributed by atoms with van der Waals surface area (Å²) in [4.78, 5) is 17.3. The molecule has 0 unspecified atom stereocenters. The van der Waals surface area contributed by atoms with Crippen molar-refractivity contribution >= 4 is 11.2 Å². The molecule has 0 atom stereocenters. The van der Waals surface area contributed by atoms with Crippen LogP contribution in [-0.4, -0.2) is 41.4 Å². The van der Waals surface area contributed by atoms with Crippen LogP contribution in [-0.2, 0) is 13.6 Å². The van der Waals surface area contributed by atoms with Crippen molar-refractivity contribution in [1.29, 1.82) is 0 Å². The fourth-order valence-corrected chi connectivity index (χ4v) is 2.84. The van der Waals surface area contributed by atoms with Crippen LogP contribution in [0.4, 0.5) is 4.39 Å². The van der Waals surface area contributed by atoms with Gasteiger partial charge in [0.1, 0.15) is 17.2 Å². The second kappa shape index (κ2) is 6.17. The van der Waals surface area contributed by atoms with Gasteiger partial charge in [-0.2, -0.15) is 15.1 Å². The van der Waals surface area contributed by atoms with E-state index < -0.39 is 5.82 Å². The van der Waals surface area contributed by atoms with Gasteiger partial charge in [-0.3, -0.25) is 9.67 Å². The second-order valence-corrected chi connectivity index (χ2v) is 5.90. The van der Waals surface area contributed by atoms with Gasteiger partial charge in [-0.05, 0) is 13.0 Å². The van der Waals surface area contributed by atoms with Crippen LogP contribution in [0.2, 0.25) is 0 Å². The SMILES string of the molecule is COc1nc(C)c2nc(-c3cncc(F)c3)n(Cc3cnn(C)c3)c2n1. The average Bonchev–Trinajstić information content (AvgIpc) is 3.19. The predicted octanol–water partition coefficient (Wildman–Crippen LogP) is 2.13. The first-order chi connectivity index (χ1) is 12.5. The quantitative estimate of drug-likeness (QED) is 0.559. The zero-order chi connectivity index (χ0) is 18.3. The molecule has 4 rings (SSSR count). The van der Waals surface area contributed by atoms with Gasteiger partial charge in [-0.25, -0.2) is 9.37 Å². The molecular formula is C17H16FN7O. The molecule has 0 bridgehead atoms. The summed E-state index contributed by atoms with van der Waals surface area (Å²) < 4.78 is 22.5. The van der Waals surface area contributed by atoms with Gasteiger partial charge in [-0.15, -0.1) is 0 Å².